The van der Waals surface area contributed by atoms with E-state index in [0.717, 1.165) is 8.26 Å². The van der Waals surface area contributed by atoms with E-state index in [1.54, 1.807) is 6.07 Å². The van der Waals surface area contributed by atoms with Gasteiger partial charge in [0.05, 0.1) is 8.66 Å². The molecule has 0 bridgehead atoms. The lowest BCUT2D eigenvalue weighted by Gasteiger charge is -2.01. The number of aromatic nitrogens is 2. The maximum atomic E-state index is 12.0. The van der Waals surface area contributed by atoms with Gasteiger partial charge in [-0.15, -0.1) is 11.3 Å². The molecule has 2 heterocycles. The number of anilines is 1. The van der Waals surface area contributed by atoms with E-state index >= 15 is 0 Å². The van der Waals surface area contributed by atoms with Crippen LogP contribution in [0.4, 0.5) is 5.82 Å². The van der Waals surface area contributed by atoms with Crippen LogP contribution < -0.4 is 10.5 Å². The highest BCUT2D eigenvalue weighted by atomic mass is 79.9. The summed E-state index contributed by atoms with van der Waals surface area (Å²) in [6, 6.07) is 1.61. The molecule has 11 heteroatoms. The van der Waals surface area contributed by atoms with Gasteiger partial charge in [0.15, 0.2) is 5.82 Å². The summed E-state index contributed by atoms with van der Waals surface area (Å²) in [6.45, 7) is 0. The van der Waals surface area contributed by atoms with Gasteiger partial charge in [-0.1, -0.05) is 0 Å². The lowest BCUT2D eigenvalue weighted by Crippen LogP contribution is -2.17. The van der Waals surface area contributed by atoms with Gasteiger partial charge in [0, 0.05) is 17.7 Å². The molecule has 0 aliphatic carbocycles. The summed E-state index contributed by atoms with van der Waals surface area (Å²) in [5, 5.41) is 11.4. The average Bonchev–Trinajstić information content (AvgIpc) is 2.83. The quantitative estimate of drug-likeness (QED) is 0.755. The number of carbonyl (C=O) groups excluding carboxylic acids is 1. The van der Waals surface area contributed by atoms with Gasteiger partial charge in [-0.25, -0.2) is 13.6 Å². The molecule has 0 fully saturated rings. The highest BCUT2D eigenvalue weighted by Crippen LogP contribution is 2.32. The highest BCUT2D eigenvalue weighted by Gasteiger charge is 2.21. The number of sulfonamides is 1. The van der Waals surface area contributed by atoms with Crippen LogP contribution in [-0.4, -0.2) is 24.1 Å². The molecule has 0 atom stereocenters. The Hall–Kier alpha value is -0.750. The minimum Gasteiger partial charge on any atom is -0.303 e. The molecule has 0 aromatic carbocycles. The van der Waals surface area contributed by atoms with Gasteiger partial charge in [-0.05, 0) is 37.9 Å². The van der Waals surface area contributed by atoms with E-state index in [-0.39, 0.29) is 10.7 Å². The monoisotopic (exact) mass is 442 g/mol. The Morgan fingerprint density at radius 1 is 1.50 bits per heavy atom. The van der Waals surface area contributed by atoms with Crippen molar-refractivity contribution in [3.63, 3.8) is 0 Å². The summed E-state index contributed by atoms with van der Waals surface area (Å²) in [7, 11) is -2.43. The zero-order valence-electron chi connectivity index (χ0n) is 9.92. The first-order valence-electron chi connectivity index (χ1n) is 5.01. The summed E-state index contributed by atoms with van der Waals surface area (Å²) >= 11 is 7.75. The number of rotatable bonds is 3. The Balaban J connectivity index is 2.33. The second-order valence-corrected chi connectivity index (χ2v) is 8.50. The van der Waals surface area contributed by atoms with E-state index in [1.165, 1.54) is 29.3 Å². The van der Waals surface area contributed by atoms with Gasteiger partial charge in [0.25, 0.3) is 5.91 Å². The number of halogens is 2. The third-order valence-corrected chi connectivity index (χ3v) is 6.37. The predicted octanol–water partition coefficient (Wildman–Crippen LogP) is 1.91. The van der Waals surface area contributed by atoms with Crippen LogP contribution in [0.3, 0.4) is 0 Å². The molecule has 0 saturated carbocycles. The first-order chi connectivity index (χ1) is 9.18. The molecule has 2 rings (SSSR count). The molecule has 0 spiro atoms. The first kappa shape index (κ1) is 15.6. The standard InChI is InChI=1S/C9H8Br2N4O3S2/c1-15-3-6(20(12,17)18)8(14-15)13-9(16)5-2-4(10)7(11)19-5/h2-3H,1H3,(H2,12,17,18)(H,13,14,16). The van der Waals surface area contributed by atoms with Gasteiger partial charge < -0.3 is 5.32 Å². The summed E-state index contributed by atoms with van der Waals surface area (Å²) < 4.78 is 25.6. The van der Waals surface area contributed by atoms with Crippen LogP contribution in [0.25, 0.3) is 0 Å². The number of nitrogens with two attached hydrogens (primary N) is 1. The van der Waals surface area contributed by atoms with Crippen molar-refractivity contribution in [3.05, 3.63) is 25.4 Å². The molecule has 0 aliphatic rings. The van der Waals surface area contributed by atoms with Crippen molar-refractivity contribution in [1.29, 1.82) is 0 Å². The zero-order valence-corrected chi connectivity index (χ0v) is 14.7. The molecule has 0 aliphatic heterocycles. The minimum absolute atomic E-state index is 0.0966. The Bertz CT molecular complexity index is 762. The smallest absolute Gasteiger partial charge is 0.267 e. The molecule has 108 valence electrons. The zero-order chi connectivity index (χ0) is 15.1. The second-order valence-electron chi connectivity index (χ2n) is 3.75. The summed E-state index contributed by atoms with van der Waals surface area (Å²) in [4.78, 5) is 12.2. The fraction of sp³-hybridized carbons (Fsp3) is 0.111. The van der Waals surface area contributed by atoms with Crippen LogP contribution in [0.15, 0.2) is 25.4 Å². The maximum absolute atomic E-state index is 12.0. The SMILES string of the molecule is Cn1cc(S(N)(=O)=O)c(NC(=O)c2cc(Br)c(Br)s2)n1. The van der Waals surface area contributed by atoms with Gasteiger partial charge in [-0.2, -0.15) is 5.10 Å². The van der Waals surface area contributed by atoms with E-state index in [9.17, 15) is 13.2 Å². The van der Waals surface area contributed by atoms with Crippen molar-refractivity contribution in [2.75, 3.05) is 5.32 Å². The van der Waals surface area contributed by atoms with Crippen LogP contribution in [-0.2, 0) is 17.1 Å². The van der Waals surface area contributed by atoms with Crippen LogP contribution in [0.2, 0.25) is 0 Å². The third kappa shape index (κ3) is 3.28. The number of thiophene rings is 1. The predicted molar refractivity (Wildman–Crippen MR) is 82.3 cm³/mol. The van der Waals surface area contributed by atoms with Crippen molar-refractivity contribution < 1.29 is 13.2 Å². The fourth-order valence-electron chi connectivity index (χ4n) is 1.39. The number of amides is 1. The van der Waals surface area contributed by atoms with Crippen molar-refractivity contribution in [2.45, 2.75) is 4.90 Å². The molecule has 2 aromatic heterocycles. The van der Waals surface area contributed by atoms with Gasteiger partial charge >= 0.3 is 0 Å². The molecule has 0 unspecified atom stereocenters. The van der Waals surface area contributed by atoms with Crippen molar-refractivity contribution in [3.8, 4) is 0 Å². The third-order valence-electron chi connectivity index (χ3n) is 2.20. The Labute approximate surface area is 135 Å². The number of nitrogens with zero attached hydrogens (tertiary/aromatic N) is 2. The molecule has 7 nitrogen and oxygen atoms in total. The molecule has 0 radical (unpaired) electrons. The largest absolute Gasteiger partial charge is 0.303 e. The maximum Gasteiger partial charge on any atom is 0.267 e. The minimum atomic E-state index is -3.96. The number of hydrogen-bond acceptors (Lipinski definition) is 5. The molecule has 0 saturated heterocycles. The number of nitrogens with one attached hydrogen (secondary N) is 1. The topological polar surface area (TPSA) is 107 Å². The van der Waals surface area contributed by atoms with E-state index in [1.807, 2.05) is 0 Å². The van der Waals surface area contributed by atoms with Crippen LogP contribution in [0.1, 0.15) is 9.67 Å². The Morgan fingerprint density at radius 3 is 2.65 bits per heavy atom. The lowest BCUT2D eigenvalue weighted by atomic mass is 10.4. The fourth-order valence-corrected chi connectivity index (χ4v) is 3.98. The second kappa shape index (κ2) is 5.56. The average molecular weight is 444 g/mol. The molecule has 2 aromatic rings. The van der Waals surface area contributed by atoms with E-state index in [2.05, 4.69) is 42.3 Å². The summed E-state index contributed by atoms with van der Waals surface area (Å²) in [5.74, 6) is -0.564. The Kier molecular flexibility index (Phi) is 4.35. The molecule has 20 heavy (non-hydrogen) atoms. The van der Waals surface area contributed by atoms with Crippen LogP contribution in [0.5, 0.6) is 0 Å². The molecular weight excluding hydrogens is 436 g/mol. The number of hydrogen-bond donors (Lipinski definition) is 2. The van der Waals surface area contributed by atoms with Crippen molar-refractivity contribution in [1.82, 2.24) is 9.78 Å². The van der Waals surface area contributed by atoms with E-state index < -0.39 is 15.9 Å². The normalized spacial score (nSPS) is 11.6. The number of primary sulfonamides is 1. The molecule has 3 N–H and O–H groups in total. The van der Waals surface area contributed by atoms with Gasteiger partial charge in [-0.3, -0.25) is 9.48 Å². The van der Waals surface area contributed by atoms with Crippen LogP contribution in [0, 0.1) is 0 Å². The Morgan fingerprint density at radius 2 is 2.15 bits per heavy atom. The highest BCUT2D eigenvalue weighted by molar-refractivity contribution is 9.13. The molecular formula is C9H8Br2N4O3S2. The van der Waals surface area contributed by atoms with E-state index in [4.69, 9.17) is 5.14 Å². The van der Waals surface area contributed by atoms with Crippen LogP contribution >= 0.6 is 43.2 Å². The summed E-state index contributed by atoms with van der Waals surface area (Å²) in [5.41, 5.74) is 0. The first-order valence-corrected chi connectivity index (χ1v) is 8.96. The van der Waals surface area contributed by atoms with Gasteiger partial charge in [0.1, 0.15) is 4.90 Å². The van der Waals surface area contributed by atoms with Crippen molar-refractivity contribution >= 4 is 64.9 Å². The van der Waals surface area contributed by atoms with E-state index in [0.29, 0.717) is 4.88 Å². The lowest BCUT2D eigenvalue weighted by molar-refractivity contribution is 0.103. The number of carbonyl (C=O) groups is 1. The van der Waals surface area contributed by atoms with Gasteiger partial charge in [0.2, 0.25) is 10.0 Å². The summed E-state index contributed by atoms with van der Waals surface area (Å²) in [6.07, 6.45) is 1.23. The molecule has 1 amide bonds. The van der Waals surface area contributed by atoms with Crippen molar-refractivity contribution in [2.24, 2.45) is 12.2 Å². The number of aryl methyl sites for hydroxylation is 1.